The number of nitrogens with zero attached hydrogens (tertiary/aromatic N) is 1. The van der Waals surface area contributed by atoms with E-state index in [2.05, 4.69) is 6.92 Å². The van der Waals surface area contributed by atoms with E-state index in [1.54, 1.807) is 0 Å². The first-order valence-corrected chi connectivity index (χ1v) is 6.98. The largest absolute Gasteiger partial charge is 0.633 e. The third-order valence-electron chi connectivity index (χ3n) is 2.45. The Morgan fingerprint density at radius 1 is 1.25 bits per heavy atom. The molecule has 0 saturated heterocycles. The van der Waals surface area contributed by atoms with E-state index >= 15 is 0 Å². The highest BCUT2D eigenvalue weighted by Crippen LogP contribution is 2.35. The van der Waals surface area contributed by atoms with Gasteiger partial charge in [0.05, 0.1) is 20.1 Å². The highest BCUT2D eigenvalue weighted by Gasteiger charge is 2.31. The predicted molar refractivity (Wildman–Crippen MR) is 63.6 cm³/mol. The Labute approximate surface area is 99.4 Å². The summed E-state index contributed by atoms with van der Waals surface area (Å²) < 4.78 is 20.6. The average molecular weight is 267 g/mol. The maximum atomic E-state index is 11.9. The molecule has 0 fully saturated rings. The van der Waals surface area contributed by atoms with Crippen LogP contribution in [0.5, 0.6) is 0 Å². The van der Waals surface area contributed by atoms with Crippen LogP contribution in [0.1, 0.15) is 32.6 Å². The van der Waals surface area contributed by atoms with Gasteiger partial charge in [0, 0.05) is 6.42 Å². The summed E-state index contributed by atoms with van der Waals surface area (Å²) in [5.74, 6) is 0. The molecule has 1 unspecified atom stereocenters. The molecule has 0 heterocycles. The number of hydroxylamine groups is 3. The van der Waals surface area contributed by atoms with E-state index in [4.69, 9.17) is 0 Å². The lowest BCUT2D eigenvalue weighted by Gasteiger charge is -2.39. The minimum absolute atomic E-state index is 0.0325. The summed E-state index contributed by atoms with van der Waals surface area (Å²) in [5.41, 5.74) is 0. The molecule has 5 nitrogen and oxygen atoms in total. The summed E-state index contributed by atoms with van der Waals surface area (Å²) in [4.78, 5) is 0. The van der Waals surface area contributed by atoms with Crippen molar-refractivity contribution in [3.8, 4) is 0 Å². The lowest BCUT2D eigenvalue weighted by molar-refractivity contribution is -0.861. The number of hydrogen-bond acceptors (Lipinski definition) is 4. The maximum Gasteiger partial charge on any atom is 0.230 e. The van der Waals surface area contributed by atoms with Crippen LogP contribution in [0.3, 0.4) is 0 Å². The van der Waals surface area contributed by atoms with Gasteiger partial charge in [-0.25, -0.2) is 0 Å². The molecule has 1 atom stereocenters. The van der Waals surface area contributed by atoms with Gasteiger partial charge in [-0.15, -0.1) is 0 Å². The molecule has 7 heteroatoms. The molecule has 0 aliphatic heterocycles. The molecule has 16 heavy (non-hydrogen) atoms. The molecule has 0 bridgehead atoms. The summed E-state index contributed by atoms with van der Waals surface area (Å²) in [6.45, 7) is 2.64. The van der Waals surface area contributed by atoms with Gasteiger partial charge in [0.2, 0.25) is 22.0 Å². The van der Waals surface area contributed by atoms with Crippen LogP contribution in [0, 0.1) is 5.21 Å². The summed E-state index contributed by atoms with van der Waals surface area (Å²) in [6, 6.07) is 0. The van der Waals surface area contributed by atoms with Gasteiger partial charge in [0.25, 0.3) is 0 Å². The van der Waals surface area contributed by atoms with Gasteiger partial charge in [-0.05, 0) is 12.8 Å². The van der Waals surface area contributed by atoms with Gasteiger partial charge in [-0.1, -0.05) is 13.3 Å². The van der Waals surface area contributed by atoms with E-state index in [1.165, 1.54) is 7.05 Å². The van der Waals surface area contributed by atoms with Crippen molar-refractivity contribution in [2.24, 2.45) is 0 Å². The van der Waals surface area contributed by atoms with Crippen molar-refractivity contribution in [3.05, 3.63) is 5.21 Å². The van der Waals surface area contributed by atoms with E-state index in [1.807, 2.05) is 0 Å². The minimum Gasteiger partial charge on any atom is -0.633 e. The van der Waals surface area contributed by atoms with E-state index in [-0.39, 0.29) is 13.0 Å². The Balaban J connectivity index is 4.06. The van der Waals surface area contributed by atoms with Crippen LogP contribution in [-0.4, -0.2) is 35.0 Å². The Hall–Kier alpha value is 0.0800. The van der Waals surface area contributed by atoms with Gasteiger partial charge in [0.1, 0.15) is 0 Å². The molecule has 0 amide bonds. The monoisotopic (exact) mass is 267 g/mol. The minimum atomic E-state index is -1.80. The fraction of sp³-hybridized carbons (Fsp3) is 1.00. The van der Waals surface area contributed by atoms with Crippen molar-refractivity contribution in [1.82, 2.24) is 0 Å². The van der Waals surface area contributed by atoms with Crippen LogP contribution in [0.15, 0.2) is 0 Å². The van der Waals surface area contributed by atoms with Crippen LogP contribution in [-0.2, 0) is 9.13 Å². The molecule has 1 N–H and O–H groups in total. The second-order valence-corrected chi connectivity index (χ2v) is 6.36. The quantitative estimate of drug-likeness (QED) is 0.301. The lowest BCUT2D eigenvalue weighted by Crippen LogP contribution is -2.41. The maximum absolute atomic E-state index is 11.9. The zero-order chi connectivity index (χ0) is 12.7. The van der Waals surface area contributed by atoms with Crippen LogP contribution >= 0.6 is 16.9 Å². The molecule has 0 radical (unpaired) electrons. The number of aliphatic hydroxyl groups is 1. The molecular weight excluding hydrogens is 248 g/mol. The molecule has 0 spiro atoms. The summed E-state index contributed by atoms with van der Waals surface area (Å²) in [5, 5.41) is 19.5. The van der Waals surface area contributed by atoms with E-state index in [0.717, 1.165) is 19.3 Å². The number of hydrogen-bond donors (Lipinski definition) is 1. The van der Waals surface area contributed by atoms with Crippen LogP contribution in [0.2, 0.25) is 0 Å². The number of quaternary nitrogens is 1. The summed E-state index contributed by atoms with van der Waals surface area (Å²) in [7, 11) is 0.308. The average Bonchev–Trinajstić information content (AvgIpc) is 2.26. The third-order valence-corrected chi connectivity index (χ3v) is 3.97. The molecule has 0 aliphatic carbocycles. The van der Waals surface area contributed by atoms with Gasteiger partial charge in [0.15, 0.2) is 0 Å². The molecule has 94 valence electrons. The fourth-order valence-corrected chi connectivity index (χ4v) is 1.82. The second-order valence-electron chi connectivity index (χ2n) is 4.16. The zero-order valence-corrected chi connectivity index (χ0v) is 11.5. The third kappa shape index (κ3) is 6.62. The first-order valence-electron chi connectivity index (χ1n) is 5.36. The second kappa shape index (κ2) is 7.41. The molecule has 0 aliphatic rings. The first-order chi connectivity index (χ1) is 7.39. The van der Waals surface area contributed by atoms with E-state index in [0.29, 0.717) is 6.54 Å². The first kappa shape index (κ1) is 16.1. The molecule has 0 rings (SSSR count). The number of rotatable bonds is 9. The predicted octanol–water partition coefficient (Wildman–Crippen LogP) is 2.74. The summed E-state index contributed by atoms with van der Waals surface area (Å²) >= 11 is 0. The van der Waals surface area contributed by atoms with Crippen LogP contribution in [0.25, 0.3) is 0 Å². The van der Waals surface area contributed by atoms with Crippen LogP contribution in [0.4, 0.5) is 0 Å². The van der Waals surface area contributed by atoms with E-state index in [9.17, 15) is 19.4 Å². The van der Waals surface area contributed by atoms with Crippen molar-refractivity contribution in [1.29, 1.82) is 0 Å². The normalized spacial score (nSPS) is 19.5. The highest BCUT2D eigenvalue weighted by atomic mass is 31.1. The molecule has 0 aromatic carbocycles. The SMILES string of the molecule is CCCCC[N+](C)([O-])CCC(O)(P=O)P=O. The van der Waals surface area contributed by atoms with Crippen molar-refractivity contribution in [2.45, 2.75) is 37.7 Å². The fourth-order valence-electron chi connectivity index (χ4n) is 1.30. The van der Waals surface area contributed by atoms with E-state index < -0.39 is 26.6 Å². The van der Waals surface area contributed by atoms with Gasteiger partial charge in [-0.2, -0.15) is 0 Å². The van der Waals surface area contributed by atoms with Crippen molar-refractivity contribution >= 4 is 16.9 Å². The Kier molecular flexibility index (Phi) is 7.45. The standard InChI is InChI=1S/C9H19NO4P2/c1-3-4-5-7-10(2,12)8-6-9(11,15-13)16-14/h11H,3-8H2,1-2H3. The van der Waals surface area contributed by atoms with Crippen molar-refractivity contribution in [2.75, 3.05) is 20.1 Å². The molecular formula is C9H19NO4P2. The topological polar surface area (TPSA) is 77.4 Å². The lowest BCUT2D eigenvalue weighted by atomic mass is 10.2. The van der Waals surface area contributed by atoms with Crippen LogP contribution < -0.4 is 0 Å². The van der Waals surface area contributed by atoms with Crippen molar-refractivity contribution in [3.63, 3.8) is 0 Å². The summed E-state index contributed by atoms with van der Waals surface area (Å²) in [6.07, 6.45) is 2.84. The van der Waals surface area contributed by atoms with Gasteiger partial charge in [-0.3, -0.25) is 9.13 Å². The number of unbranched alkanes of at least 4 members (excludes halogenated alkanes) is 2. The van der Waals surface area contributed by atoms with Gasteiger partial charge >= 0.3 is 0 Å². The molecule has 0 saturated carbocycles. The highest BCUT2D eigenvalue weighted by molar-refractivity contribution is 7.45. The smallest absolute Gasteiger partial charge is 0.230 e. The molecule has 0 aromatic heterocycles. The molecule has 0 aromatic rings. The Morgan fingerprint density at radius 2 is 1.81 bits per heavy atom. The zero-order valence-electron chi connectivity index (χ0n) is 9.76. The Bertz CT molecular complexity index is 228. The van der Waals surface area contributed by atoms with Gasteiger partial charge < -0.3 is 15.0 Å². The Morgan fingerprint density at radius 3 is 2.25 bits per heavy atom. The van der Waals surface area contributed by atoms with Crippen molar-refractivity contribution < 1.29 is 18.9 Å².